The number of alkyl halides is 3. The first kappa shape index (κ1) is 35.4. The number of ether oxygens (including phenoxy) is 1. The predicted octanol–water partition coefficient (Wildman–Crippen LogP) is 8.13. The Morgan fingerprint density at radius 2 is 1.58 bits per heavy atom. The number of rotatable bonds is 14. The summed E-state index contributed by atoms with van der Waals surface area (Å²) in [6.45, 7) is 0.452. The van der Waals surface area contributed by atoms with Crippen LogP contribution in [0, 0.1) is 0 Å². The minimum absolute atomic E-state index is 0.0344. The maximum Gasteiger partial charge on any atom is 0.417 e. The van der Waals surface area contributed by atoms with Crippen molar-refractivity contribution >= 4 is 52.6 Å². The number of urea groups is 1. The smallest absolute Gasteiger partial charge is 0.417 e. The van der Waals surface area contributed by atoms with Gasteiger partial charge in [0.25, 0.3) is 5.91 Å². The SMILES string of the molecule is Nc1ccc(C=CC(=O)CCCCCCNC(=O)c2cc(Oc3ccc(NC(=O)Nc4ccc(Cl)c(C(F)(F)F)c4)cc3)ccn2)cn1. The zero-order valence-corrected chi connectivity index (χ0v) is 26.3. The first-order chi connectivity index (χ1) is 23.0. The quantitative estimate of drug-likeness (QED) is 0.0776. The number of aromatic nitrogens is 2. The van der Waals surface area contributed by atoms with Crippen molar-refractivity contribution < 1.29 is 32.3 Å². The topological polar surface area (TPSA) is 148 Å². The lowest BCUT2D eigenvalue weighted by atomic mass is 10.1. The number of halogens is 4. The van der Waals surface area contributed by atoms with Crippen LogP contribution in [-0.4, -0.2) is 34.2 Å². The molecule has 5 N–H and O–H groups in total. The minimum Gasteiger partial charge on any atom is -0.457 e. The molecule has 0 saturated heterocycles. The van der Waals surface area contributed by atoms with Crippen LogP contribution in [0.1, 0.15) is 53.7 Å². The molecule has 250 valence electrons. The summed E-state index contributed by atoms with van der Waals surface area (Å²) in [7, 11) is 0. The van der Waals surface area contributed by atoms with E-state index in [9.17, 15) is 27.6 Å². The molecular formula is C34H32ClF3N6O4. The number of unbranched alkanes of at least 4 members (excludes halogenated alkanes) is 3. The van der Waals surface area contributed by atoms with E-state index in [2.05, 4.69) is 25.9 Å². The highest BCUT2D eigenvalue weighted by atomic mass is 35.5. The molecule has 0 atom stereocenters. The molecule has 48 heavy (non-hydrogen) atoms. The third-order valence-corrected chi connectivity index (χ3v) is 7.08. The van der Waals surface area contributed by atoms with Crippen molar-refractivity contribution in [1.29, 1.82) is 0 Å². The Labute approximate surface area is 279 Å². The van der Waals surface area contributed by atoms with Gasteiger partial charge in [0.15, 0.2) is 5.78 Å². The first-order valence-electron chi connectivity index (χ1n) is 14.9. The van der Waals surface area contributed by atoms with E-state index in [-0.39, 0.29) is 23.1 Å². The van der Waals surface area contributed by atoms with E-state index < -0.39 is 22.8 Å². The fraction of sp³-hybridized carbons (Fsp3) is 0.206. The summed E-state index contributed by atoms with van der Waals surface area (Å²) in [4.78, 5) is 45.1. The lowest BCUT2D eigenvalue weighted by Crippen LogP contribution is -2.25. The molecule has 0 bridgehead atoms. The van der Waals surface area contributed by atoms with Gasteiger partial charge in [-0.25, -0.2) is 9.78 Å². The van der Waals surface area contributed by atoms with Gasteiger partial charge in [-0.2, -0.15) is 13.2 Å². The number of benzene rings is 2. The van der Waals surface area contributed by atoms with Gasteiger partial charge >= 0.3 is 12.2 Å². The van der Waals surface area contributed by atoms with Crippen LogP contribution in [0.4, 0.5) is 35.2 Å². The number of nitrogens with zero attached hydrogens (tertiary/aromatic N) is 2. The van der Waals surface area contributed by atoms with Gasteiger partial charge in [-0.1, -0.05) is 24.4 Å². The Balaban J connectivity index is 1.15. The number of amides is 3. The highest BCUT2D eigenvalue weighted by Crippen LogP contribution is 2.36. The largest absolute Gasteiger partial charge is 0.457 e. The molecular weight excluding hydrogens is 649 g/mol. The number of hydrogen-bond acceptors (Lipinski definition) is 7. The second-order valence-corrected chi connectivity index (χ2v) is 10.9. The van der Waals surface area contributed by atoms with Crippen LogP contribution in [0.3, 0.4) is 0 Å². The summed E-state index contributed by atoms with van der Waals surface area (Å²) >= 11 is 5.62. The number of nitrogens with one attached hydrogen (secondary N) is 3. The molecule has 0 fully saturated rings. The van der Waals surface area contributed by atoms with Crippen molar-refractivity contribution in [3.05, 3.63) is 107 Å². The summed E-state index contributed by atoms with van der Waals surface area (Å²) < 4.78 is 45.1. The zero-order valence-electron chi connectivity index (χ0n) is 25.5. The lowest BCUT2D eigenvalue weighted by Gasteiger charge is -2.12. The highest BCUT2D eigenvalue weighted by molar-refractivity contribution is 6.31. The van der Waals surface area contributed by atoms with Gasteiger partial charge in [0.05, 0.1) is 10.6 Å². The van der Waals surface area contributed by atoms with Crippen LogP contribution in [-0.2, 0) is 11.0 Å². The third-order valence-electron chi connectivity index (χ3n) is 6.75. The number of pyridine rings is 2. The molecule has 2 aromatic heterocycles. The van der Waals surface area contributed by atoms with E-state index in [0.29, 0.717) is 36.0 Å². The number of nitrogens with two attached hydrogens (primary N) is 1. The molecule has 10 nitrogen and oxygen atoms in total. The Morgan fingerprint density at radius 3 is 2.31 bits per heavy atom. The summed E-state index contributed by atoms with van der Waals surface area (Å²) in [5, 5.41) is 7.22. The van der Waals surface area contributed by atoms with Gasteiger partial charge in [-0.3, -0.25) is 14.6 Å². The second-order valence-electron chi connectivity index (χ2n) is 10.5. The van der Waals surface area contributed by atoms with Gasteiger partial charge in [-0.15, -0.1) is 0 Å². The first-order valence-corrected chi connectivity index (χ1v) is 15.2. The number of allylic oxidation sites excluding steroid dienone is 1. The van der Waals surface area contributed by atoms with E-state index in [4.69, 9.17) is 22.1 Å². The number of carbonyl (C=O) groups is 3. The molecule has 0 spiro atoms. The standard InChI is InChI=1S/C34H32ClF3N6O4/c35-29-14-10-24(19-28(29)34(36,37)38)44-33(47)43-23-8-12-26(13-9-23)48-27-16-18-40-30(20-27)32(46)41-17-4-2-1-3-5-25(45)11-6-22-7-15-31(39)42-21-22/h6-16,18-21H,1-5,17H2,(H2,39,42)(H,41,46)(H2,43,44,47). The van der Waals surface area contributed by atoms with Gasteiger partial charge < -0.3 is 26.4 Å². The molecule has 0 aliphatic rings. The van der Waals surface area contributed by atoms with Gasteiger partial charge in [-0.05, 0) is 91.2 Å². The zero-order chi connectivity index (χ0) is 34.5. The monoisotopic (exact) mass is 680 g/mol. The highest BCUT2D eigenvalue weighted by Gasteiger charge is 2.33. The minimum atomic E-state index is -4.66. The van der Waals surface area contributed by atoms with Crippen molar-refractivity contribution in [3.63, 3.8) is 0 Å². The molecule has 4 aromatic rings. The van der Waals surface area contributed by atoms with Crippen LogP contribution >= 0.6 is 11.6 Å². The fourth-order valence-electron chi connectivity index (χ4n) is 4.31. The lowest BCUT2D eigenvalue weighted by molar-refractivity contribution is -0.137. The number of ketones is 1. The van der Waals surface area contributed by atoms with Crippen molar-refractivity contribution in [3.8, 4) is 11.5 Å². The Kier molecular flexibility index (Phi) is 12.5. The van der Waals surface area contributed by atoms with Crippen LogP contribution in [0.15, 0.2) is 85.2 Å². The van der Waals surface area contributed by atoms with Crippen molar-refractivity contribution in [2.24, 2.45) is 0 Å². The second kappa shape index (κ2) is 16.9. The molecule has 0 unspecified atom stereocenters. The fourth-order valence-corrected chi connectivity index (χ4v) is 4.54. The third kappa shape index (κ3) is 11.4. The normalized spacial score (nSPS) is 11.2. The summed E-state index contributed by atoms with van der Waals surface area (Å²) in [5.41, 5.74) is 5.75. The van der Waals surface area contributed by atoms with E-state index in [0.717, 1.165) is 43.4 Å². The Bertz CT molecular complexity index is 1750. The molecule has 0 radical (unpaired) electrons. The Hall–Kier alpha value is -5.43. The van der Waals surface area contributed by atoms with E-state index >= 15 is 0 Å². The molecule has 0 saturated carbocycles. The molecule has 2 aromatic carbocycles. The number of nitrogen functional groups attached to an aromatic ring is 1. The molecule has 0 aliphatic heterocycles. The van der Waals surface area contributed by atoms with E-state index in [1.54, 1.807) is 60.8 Å². The van der Waals surface area contributed by atoms with Crippen molar-refractivity contribution in [2.45, 2.75) is 38.3 Å². The average molecular weight is 681 g/mol. The molecule has 0 aliphatic carbocycles. The number of hydrogen-bond donors (Lipinski definition) is 4. The number of carbonyl (C=O) groups excluding carboxylic acids is 3. The summed E-state index contributed by atoms with van der Waals surface area (Å²) in [6, 6.07) is 15.1. The van der Waals surface area contributed by atoms with E-state index in [1.807, 2.05) is 0 Å². The predicted molar refractivity (Wildman–Crippen MR) is 178 cm³/mol. The average Bonchev–Trinajstić information content (AvgIpc) is 3.05. The molecule has 14 heteroatoms. The summed E-state index contributed by atoms with van der Waals surface area (Å²) in [5.74, 6) is 0.870. The Morgan fingerprint density at radius 1 is 0.854 bits per heavy atom. The van der Waals surface area contributed by atoms with Crippen LogP contribution in [0.2, 0.25) is 5.02 Å². The summed E-state index contributed by atoms with van der Waals surface area (Å²) in [6.07, 6.45) is 5.27. The van der Waals surface area contributed by atoms with Gasteiger partial charge in [0, 0.05) is 42.8 Å². The van der Waals surface area contributed by atoms with Crippen LogP contribution < -0.4 is 26.4 Å². The van der Waals surface area contributed by atoms with E-state index in [1.165, 1.54) is 18.3 Å². The molecule has 4 rings (SSSR count). The number of anilines is 3. The van der Waals surface area contributed by atoms with Gasteiger partial charge in [0.2, 0.25) is 0 Å². The maximum absolute atomic E-state index is 13.1. The molecule has 3 amide bonds. The van der Waals surface area contributed by atoms with Crippen LogP contribution in [0.25, 0.3) is 6.08 Å². The maximum atomic E-state index is 13.1. The van der Waals surface area contributed by atoms with Gasteiger partial charge in [0.1, 0.15) is 23.0 Å². The van der Waals surface area contributed by atoms with Crippen LogP contribution in [0.5, 0.6) is 11.5 Å². The van der Waals surface area contributed by atoms with Crippen molar-refractivity contribution in [1.82, 2.24) is 15.3 Å². The molecule has 2 heterocycles. The van der Waals surface area contributed by atoms with Crippen molar-refractivity contribution in [2.75, 3.05) is 22.9 Å².